The molecule has 1 aromatic carbocycles. The summed E-state index contributed by atoms with van der Waals surface area (Å²) in [5.41, 5.74) is 2.06. The number of carbonyl (C=O) groups excluding carboxylic acids is 1. The molecule has 29 heavy (non-hydrogen) atoms. The van der Waals surface area contributed by atoms with Crippen LogP contribution in [0.3, 0.4) is 0 Å². The van der Waals surface area contributed by atoms with Crippen molar-refractivity contribution in [3.05, 3.63) is 51.4 Å². The molecular formula is C21H23ClFN3O3. The third-order valence-corrected chi connectivity index (χ3v) is 5.01. The smallest absolute Gasteiger partial charge is 0.325 e. The molecule has 0 bridgehead atoms. The molecule has 0 aliphatic rings. The lowest BCUT2D eigenvalue weighted by Gasteiger charge is -2.20. The van der Waals surface area contributed by atoms with Crippen LogP contribution in [0.2, 0.25) is 5.02 Å². The third-order valence-electron chi connectivity index (χ3n) is 4.62. The van der Waals surface area contributed by atoms with Crippen LogP contribution in [0.15, 0.2) is 18.2 Å². The first-order valence-electron chi connectivity index (χ1n) is 8.98. The molecule has 6 nitrogen and oxygen atoms in total. The van der Waals surface area contributed by atoms with E-state index in [1.807, 2.05) is 19.9 Å². The molecule has 0 radical (unpaired) electrons. The van der Waals surface area contributed by atoms with Crippen molar-refractivity contribution in [3.8, 4) is 11.8 Å². The van der Waals surface area contributed by atoms with Crippen molar-refractivity contribution in [2.45, 2.75) is 32.6 Å². The number of nitrogens with one attached hydrogen (secondary N) is 1. The topological polar surface area (TPSA) is 84.2 Å². The highest BCUT2D eigenvalue weighted by Gasteiger charge is 2.26. The summed E-state index contributed by atoms with van der Waals surface area (Å²) in [7, 11) is 2.82. The largest absolute Gasteiger partial charge is 0.496 e. The Morgan fingerprint density at radius 1 is 1.38 bits per heavy atom. The van der Waals surface area contributed by atoms with E-state index in [-0.39, 0.29) is 28.9 Å². The van der Waals surface area contributed by atoms with Crippen molar-refractivity contribution < 1.29 is 18.7 Å². The monoisotopic (exact) mass is 419 g/mol. The lowest BCUT2D eigenvalue weighted by molar-refractivity contribution is -0.138. The molecule has 2 aromatic rings. The number of rotatable bonds is 7. The second kappa shape index (κ2) is 9.57. The molecule has 154 valence electrons. The van der Waals surface area contributed by atoms with Gasteiger partial charge in [-0.05, 0) is 30.0 Å². The zero-order valence-electron chi connectivity index (χ0n) is 17.0. The molecule has 0 saturated carbocycles. The molecule has 1 atom stereocenters. The van der Waals surface area contributed by atoms with Gasteiger partial charge in [0, 0.05) is 11.1 Å². The molecular weight excluding hydrogens is 397 g/mol. The maximum atomic E-state index is 14.5. The fourth-order valence-corrected chi connectivity index (χ4v) is 3.37. The number of benzene rings is 1. The van der Waals surface area contributed by atoms with Gasteiger partial charge in [-0.1, -0.05) is 37.6 Å². The highest BCUT2D eigenvalue weighted by Crippen LogP contribution is 2.39. The minimum absolute atomic E-state index is 0.0204. The minimum Gasteiger partial charge on any atom is -0.496 e. The fourth-order valence-electron chi connectivity index (χ4n) is 3.01. The predicted octanol–water partition coefficient (Wildman–Crippen LogP) is 4.55. The fraction of sp³-hybridized carbons (Fsp3) is 0.381. The Morgan fingerprint density at radius 3 is 2.62 bits per heavy atom. The SMILES string of the molecule is COC(=O)CNc1nc(F)c(C)c(C(C#N)c2ccc(OC)c(C(C)C)c2)c1Cl. The number of halogens is 2. The first-order valence-corrected chi connectivity index (χ1v) is 9.36. The van der Waals surface area contributed by atoms with Crippen LogP contribution in [0, 0.1) is 24.2 Å². The van der Waals surface area contributed by atoms with Crippen molar-refractivity contribution in [1.29, 1.82) is 5.26 Å². The molecule has 0 fully saturated rings. The molecule has 2 rings (SSSR count). The second-order valence-corrected chi connectivity index (χ2v) is 7.13. The van der Waals surface area contributed by atoms with Crippen LogP contribution in [-0.2, 0) is 9.53 Å². The first-order chi connectivity index (χ1) is 13.7. The third kappa shape index (κ3) is 4.77. The Labute approximate surface area is 174 Å². The number of aromatic nitrogens is 1. The van der Waals surface area contributed by atoms with Crippen LogP contribution >= 0.6 is 11.6 Å². The van der Waals surface area contributed by atoms with Gasteiger partial charge in [-0.2, -0.15) is 9.65 Å². The summed E-state index contributed by atoms with van der Waals surface area (Å²) in [6.07, 6.45) is 0. The number of ether oxygens (including phenoxy) is 2. The molecule has 8 heteroatoms. The maximum Gasteiger partial charge on any atom is 0.325 e. The van der Waals surface area contributed by atoms with Gasteiger partial charge in [0.2, 0.25) is 5.95 Å². The van der Waals surface area contributed by atoms with Crippen LogP contribution in [0.25, 0.3) is 0 Å². The summed E-state index contributed by atoms with van der Waals surface area (Å²) in [5.74, 6) is -1.31. The number of carbonyl (C=O) groups is 1. The normalized spacial score (nSPS) is 11.7. The van der Waals surface area contributed by atoms with Crippen molar-refractivity contribution in [1.82, 2.24) is 4.98 Å². The van der Waals surface area contributed by atoms with Gasteiger partial charge in [0.15, 0.2) is 0 Å². The number of nitrogens with zero attached hydrogens (tertiary/aromatic N) is 2. The van der Waals surface area contributed by atoms with E-state index in [0.29, 0.717) is 16.9 Å². The van der Waals surface area contributed by atoms with Gasteiger partial charge < -0.3 is 14.8 Å². The highest BCUT2D eigenvalue weighted by molar-refractivity contribution is 6.34. The average Bonchev–Trinajstić information content (AvgIpc) is 2.71. The van der Waals surface area contributed by atoms with Crippen LogP contribution in [-0.4, -0.2) is 31.7 Å². The quantitative estimate of drug-likeness (QED) is 0.523. The highest BCUT2D eigenvalue weighted by atomic mass is 35.5. The Kier molecular flexibility index (Phi) is 7.40. The van der Waals surface area contributed by atoms with E-state index >= 15 is 0 Å². The van der Waals surface area contributed by atoms with Gasteiger partial charge in [-0.15, -0.1) is 0 Å². The number of methoxy groups -OCH3 is 2. The van der Waals surface area contributed by atoms with E-state index in [2.05, 4.69) is 21.1 Å². The lowest BCUT2D eigenvalue weighted by Crippen LogP contribution is -2.17. The molecule has 0 saturated heterocycles. The average molecular weight is 420 g/mol. The van der Waals surface area contributed by atoms with Crippen molar-refractivity contribution in [2.75, 3.05) is 26.1 Å². The van der Waals surface area contributed by atoms with Gasteiger partial charge in [0.25, 0.3) is 0 Å². The van der Waals surface area contributed by atoms with E-state index in [1.54, 1.807) is 19.2 Å². The first kappa shape index (κ1) is 22.4. The summed E-state index contributed by atoms with van der Waals surface area (Å²) >= 11 is 6.48. The molecule has 0 amide bonds. The summed E-state index contributed by atoms with van der Waals surface area (Å²) in [6, 6.07) is 7.62. The van der Waals surface area contributed by atoms with Gasteiger partial charge in [-0.25, -0.2) is 4.98 Å². The zero-order valence-corrected chi connectivity index (χ0v) is 17.7. The summed E-state index contributed by atoms with van der Waals surface area (Å²) in [6.45, 7) is 5.32. The van der Waals surface area contributed by atoms with Gasteiger partial charge in [-0.3, -0.25) is 4.79 Å². The van der Waals surface area contributed by atoms with Crippen LogP contribution in [0.4, 0.5) is 10.2 Å². The molecule has 0 spiro atoms. The van der Waals surface area contributed by atoms with Gasteiger partial charge in [0.1, 0.15) is 18.1 Å². The minimum atomic E-state index is -0.831. The van der Waals surface area contributed by atoms with Crippen LogP contribution < -0.4 is 10.1 Å². The Hall–Kier alpha value is -2.85. The number of esters is 1. The van der Waals surface area contributed by atoms with Crippen molar-refractivity contribution >= 4 is 23.4 Å². The zero-order chi connectivity index (χ0) is 21.7. The Morgan fingerprint density at radius 2 is 2.07 bits per heavy atom. The lowest BCUT2D eigenvalue weighted by atomic mass is 9.87. The Bertz CT molecular complexity index is 957. The van der Waals surface area contributed by atoms with Crippen molar-refractivity contribution in [3.63, 3.8) is 0 Å². The van der Waals surface area contributed by atoms with E-state index in [4.69, 9.17) is 16.3 Å². The number of hydrogen-bond acceptors (Lipinski definition) is 6. The molecule has 1 aromatic heterocycles. The summed E-state index contributed by atoms with van der Waals surface area (Å²) < 4.78 is 24.5. The van der Waals surface area contributed by atoms with Gasteiger partial charge in [0.05, 0.1) is 31.2 Å². The summed E-state index contributed by atoms with van der Waals surface area (Å²) in [5, 5.41) is 12.6. The number of anilines is 1. The van der Waals surface area contributed by atoms with E-state index in [1.165, 1.54) is 14.0 Å². The molecule has 0 aliphatic carbocycles. The maximum absolute atomic E-state index is 14.5. The van der Waals surface area contributed by atoms with Crippen molar-refractivity contribution in [2.24, 2.45) is 0 Å². The predicted molar refractivity (Wildman–Crippen MR) is 109 cm³/mol. The van der Waals surface area contributed by atoms with E-state index < -0.39 is 17.8 Å². The van der Waals surface area contributed by atoms with Crippen LogP contribution in [0.1, 0.15) is 47.9 Å². The molecule has 0 aliphatic heterocycles. The van der Waals surface area contributed by atoms with Crippen LogP contribution in [0.5, 0.6) is 5.75 Å². The van der Waals surface area contributed by atoms with Gasteiger partial charge >= 0.3 is 5.97 Å². The molecule has 1 unspecified atom stereocenters. The standard InChI is InChI=1S/C21H23ClFN3O3/c1-11(2)14-8-13(6-7-16(14)28-4)15(9-24)18-12(3)20(23)26-21(19(18)22)25-10-17(27)29-5/h6-8,11,15H,10H2,1-5H3,(H,25,26). The summed E-state index contributed by atoms with van der Waals surface area (Å²) in [4.78, 5) is 15.2. The van der Waals surface area contributed by atoms with E-state index in [0.717, 1.165) is 5.56 Å². The molecule has 1 N–H and O–H groups in total. The number of pyridine rings is 1. The number of hydrogen-bond donors (Lipinski definition) is 1. The second-order valence-electron chi connectivity index (χ2n) is 6.75. The molecule has 1 heterocycles. The number of nitriles is 1. The van der Waals surface area contributed by atoms with E-state index in [9.17, 15) is 14.4 Å². The Balaban J connectivity index is 2.59.